The number of hydrazine groups is 1. The molecule has 17 nitrogen and oxygen atoms in total. The van der Waals surface area contributed by atoms with Gasteiger partial charge in [0, 0.05) is 86.8 Å². The van der Waals surface area contributed by atoms with Crippen molar-refractivity contribution in [1.82, 2.24) is 46.0 Å². The number of hydrogen-bond acceptors (Lipinski definition) is 14. The minimum atomic E-state index is -1.02. The molecule has 1 aliphatic carbocycles. The number of piperidine rings is 3. The maximum atomic E-state index is 15.5. The van der Waals surface area contributed by atoms with Crippen molar-refractivity contribution in [2.75, 3.05) is 67.5 Å². The molecule has 2 aromatic carbocycles. The van der Waals surface area contributed by atoms with Gasteiger partial charge in [0.2, 0.25) is 17.8 Å². The first-order valence-corrected chi connectivity index (χ1v) is 24.8. The summed E-state index contributed by atoms with van der Waals surface area (Å²) >= 11 is 0. The van der Waals surface area contributed by atoms with Gasteiger partial charge in [0.1, 0.15) is 12.3 Å². The van der Waals surface area contributed by atoms with E-state index in [0.29, 0.717) is 31.0 Å². The maximum Gasteiger partial charge on any atom is 0.275 e. The molecule has 8 atom stereocenters. The molecule has 7 aliphatic heterocycles. The van der Waals surface area contributed by atoms with E-state index in [-0.39, 0.29) is 60.1 Å². The molecule has 18 heteroatoms. The Bertz CT molecular complexity index is 2470. The Labute approximate surface area is 390 Å². The average molecular weight is 921 g/mol. The zero-order valence-corrected chi connectivity index (χ0v) is 38.5. The molecule has 1 saturated carbocycles. The van der Waals surface area contributed by atoms with Crippen LogP contribution in [0.4, 0.5) is 21.5 Å². The number of amides is 3. The first-order valence-electron chi connectivity index (χ1n) is 24.8. The molecule has 358 valence electrons. The number of aromatic nitrogens is 2. The zero-order chi connectivity index (χ0) is 46.0. The van der Waals surface area contributed by atoms with E-state index in [0.717, 1.165) is 93.9 Å². The third kappa shape index (κ3) is 8.51. The molecule has 11 rings (SSSR count). The Morgan fingerprint density at radius 1 is 0.836 bits per heavy atom. The van der Waals surface area contributed by atoms with Gasteiger partial charge in [-0.25, -0.2) is 4.68 Å². The molecular formula is C49H65FN12O5. The maximum absolute atomic E-state index is 15.5. The van der Waals surface area contributed by atoms with Crippen molar-refractivity contribution in [3.63, 3.8) is 0 Å². The van der Waals surface area contributed by atoms with Gasteiger partial charge in [-0.1, -0.05) is 12.2 Å². The third-order valence-electron chi connectivity index (χ3n) is 16.7. The molecule has 1 spiro atoms. The summed E-state index contributed by atoms with van der Waals surface area (Å²) in [6.45, 7) is 8.79. The Morgan fingerprint density at radius 3 is 2.40 bits per heavy atom. The summed E-state index contributed by atoms with van der Waals surface area (Å²) in [5.74, 6) is -1.92. The normalized spacial score (nSPS) is 33.3. The van der Waals surface area contributed by atoms with Crippen molar-refractivity contribution in [3.05, 3.63) is 70.9 Å². The summed E-state index contributed by atoms with van der Waals surface area (Å²) in [7, 11) is 0. The number of carbonyl (C=O) groups is 3. The van der Waals surface area contributed by atoms with Crippen molar-refractivity contribution < 1.29 is 23.9 Å². The molecule has 0 radical (unpaired) electrons. The van der Waals surface area contributed by atoms with E-state index >= 15 is 4.39 Å². The Hall–Kier alpha value is -4.98. The Morgan fingerprint density at radius 2 is 1.61 bits per heavy atom. The van der Waals surface area contributed by atoms with Crippen molar-refractivity contribution in [3.8, 4) is 0 Å². The number of aliphatic hydroxyl groups is 1. The smallest absolute Gasteiger partial charge is 0.275 e. The lowest BCUT2D eigenvalue weighted by Crippen LogP contribution is -2.69. The number of hydrogen-bond donors (Lipinski definition) is 6. The predicted octanol–water partition coefficient (Wildman–Crippen LogP) is 2.93. The van der Waals surface area contributed by atoms with Crippen LogP contribution in [0.25, 0.3) is 10.8 Å². The van der Waals surface area contributed by atoms with Gasteiger partial charge in [-0.15, -0.1) is 5.10 Å². The fourth-order valence-electron chi connectivity index (χ4n) is 12.7. The van der Waals surface area contributed by atoms with E-state index in [4.69, 9.17) is 0 Å². The number of benzene rings is 2. The van der Waals surface area contributed by atoms with E-state index in [2.05, 4.69) is 87.8 Å². The first kappa shape index (κ1) is 44.5. The van der Waals surface area contributed by atoms with Gasteiger partial charge in [0.25, 0.3) is 11.5 Å². The van der Waals surface area contributed by atoms with Crippen molar-refractivity contribution >= 4 is 45.6 Å². The molecule has 6 N–H and O–H groups in total. The van der Waals surface area contributed by atoms with Crippen LogP contribution in [0.1, 0.15) is 90.0 Å². The molecule has 3 amide bonds. The number of rotatable bonds is 6. The highest BCUT2D eigenvalue weighted by Crippen LogP contribution is 2.48. The lowest BCUT2D eigenvalue weighted by atomic mass is 9.76. The van der Waals surface area contributed by atoms with Crippen LogP contribution in [-0.4, -0.2) is 136 Å². The molecule has 1 aromatic heterocycles. The van der Waals surface area contributed by atoms with E-state index in [1.54, 1.807) is 12.1 Å². The van der Waals surface area contributed by atoms with Crippen molar-refractivity contribution in [2.24, 2.45) is 11.3 Å². The Kier molecular flexibility index (Phi) is 11.9. The van der Waals surface area contributed by atoms with Crippen LogP contribution < -0.4 is 41.9 Å². The minimum Gasteiger partial charge on any atom is -0.389 e. The van der Waals surface area contributed by atoms with Crippen LogP contribution in [0, 0.1) is 17.3 Å². The molecule has 8 aliphatic rings. The molecule has 67 heavy (non-hydrogen) atoms. The number of anilines is 3. The van der Waals surface area contributed by atoms with E-state index in [1.807, 2.05) is 18.0 Å². The second kappa shape index (κ2) is 17.8. The highest BCUT2D eigenvalue weighted by molar-refractivity contribution is 5.99. The van der Waals surface area contributed by atoms with E-state index in [9.17, 15) is 24.3 Å². The number of fused-ring (bicyclic) bond motifs is 7. The van der Waals surface area contributed by atoms with Crippen molar-refractivity contribution in [2.45, 2.75) is 126 Å². The van der Waals surface area contributed by atoms with Gasteiger partial charge in [-0.05, 0) is 125 Å². The molecule has 3 aromatic rings. The standard InChI is InChI=1S/C49H65FN12O5/c1-48(67)17-3-2-4-21-60-45(65)37-30-51-47(55-43(37)62(60)40-7-5-6-39(48)53-40)52-31-8-10-32(11-9-31)58-24-26-59(27-25-58)34-16-18-49(29-34)19-22-57(23-20-49)33-12-13-35-36(28-33)42(50)56-61(46(35)66)38-14-15-41(63)54-44(38)64/h2,4,8-13,28,34,37-40,43,47,51-53,55,67H,3,5-7,14-27,29-30H2,1H3,(H,54,63,64)/b4-2-/t34?,37?,38?,39?,40?,43?,47?,48-/m1/s1. The predicted molar refractivity (Wildman–Crippen MR) is 252 cm³/mol. The summed E-state index contributed by atoms with van der Waals surface area (Å²) in [4.78, 5) is 58.7. The number of piperazine rings is 1. The van der Waals surface area contributed by atoms with Gasteiger partial charge < -0.3 is 20.2 Å². The first-order chi connectivity index (χ1) is 32.4. The highest BCUT2D eigenvalue weighted by Gasteiger charge is 2.53. The van der Waals surface area contributed by atoms with Gasteiger partial charge in [-0.2, -0.15) is 9.40 Å². The molecule has 8 heterocycles. The lowest BCUT2D eigenvalue weighted by molar-refractivity contribution is -0.146. The van der Waals surface area contributed by atoms with E-state index < -0.39 is 35.0 Å². The summed E-state index contributed by atoms with van der Waals surface area (Å²) in [5, 5.41) is 36.6. The highest BCUT2D eigenvalue weighted by atomic mass is 19.1. The second-order valence-corrected chi connectivity index (χ2v) is 20.7. The van der Waals surface area contributed by atoms with Crippen LogP contribution in [0.15, 0.2) is 59.4 Å². The quantitative estimate of drug-likeness (QED) is 0.157. The van der Waals surface area contributed by atoms with Gasteiger partial charge >= 0.3 is 0 Å². The Balaban J connectivity index is 0.664. The molecule has 7 unspecified atom stereocenters. The number of imide groups is 1. The number of nitrogens with zero attached hydrogens (tertiary/aromatic N) is 7. The summed E-state index contributed by atoms with van der Waals surface area (Å²) in [5.41, 5.74) is 2.04. The van der Waals surface area contributed by atoms with Gasteiger partial charge in [0.05, 0.1) is 35.8 Å². The van der Waals surface area contributed by atoms with Crippen LogP contribution >= 0.6 is 0 Å². The molecule has 6 saturated heterocycles. The number of allylic oxidation sites excluding steroid dienone is 1. The number of carbonyl (C=O) groups excluding carboxylic acids is 3. The van der Waals surface area contributed by atoms with Crippen LogP contribution in [-0.2, 0) is 14.4 Å². The number of nitrogens with one attached hydrogen (secondary N) is 5. The fraction of sp³-hybridized carbons (Fsp3) is 0.612. The van der Waals surface area contributed by atoms with E-state index in [1.165, 1.54) is 24.9 Å². The minimum absolute atomic E-state index is 0.0286. The summed E-state index contributed by atoms with van der Waals surface area (Å²) in [6, 6.07) is 13.5. The zero-order valence-electron chi connectivity index (χ0n) is 38.5. The average Bonchev–Trinajstić information content (AvgIpc) is 3.87. The third-order valence-corrected chi connectivity index (χ3v) is 16.7. The topological polar surface area (TPSA) is 183 Å². The largest absolute Gasteiger partial charge is 0.389 e. The van der Waals surface area contributed by atoms with Crippen LogP contribution in [0.5, 0.6) is 0 Å². The monoisotopic (exact) mass is 921 g/mol. The van der Waals surface area contributed by atoms with Gasteiger partial charge in [-0.3, -0.25) is 50.4 Å². The van der Waals surface area contributed by atoms with Gasteiger partial charge in [0.15, 0.2) is 0 Å². The summed E-state index contributed by atoms with van der Waals surface area (Å²) in [6.07, 6.45) is 14.0. The molecule has 7 fully saturated rings. The molecular weight excluding hydrogens is 856 g/mol. The van der Waals surface area contributed by atoms with Crippen LogP contribution in [0.2, 0.25) is 0 Å². The lowest BCUT2D eigenvalue weighted by Gasteiger charge is -2.47. The van der Waals surface area contributed by atoms with Crippen molar-refractivity contribution in [1.29, 1.82) is 0 Å². The molecule has 2 bridgehead atoms. The fourth-order valence-corrected chi connectivity index (χ4v) is 12.7. The summed E-state index contributed by atoms with van der Waals surface area (Å²) < 4.78 is 16.3. The van der Waals surface area contributed by atoms with Crippen LogP contribution in [0.3, 0.4) is 0 Å². The second-order valence-electron chi connectivity index (χ2n) is 20.7. The SMILES string of the molecule is C[C@@]1(O)CC/C=C\CN2C(=O)C3CNC(Nc4ccc(N5CCN(C6CCC7(CCN(c8ccc9c(=O)n(C%10CCC(=O)NC%10=O)nc(F)c9c8)CC7)C6)CC5)cc4)NC3N2C2CCCC1N2. The number of halogens is 1.